The lowest BCUT2D eigenvalue weighted by atomic mass is 9.88. The van der Waals surface area contributed by atoms with Crippen molar-refractivity contribution < 1.29 is 0 Å². The predicted molar refractivity (Wildman–Crippen MR) is 42.5 cm³/mol. The molecule has 2 heterocycles. The van der Waals surface area contributed by atoms with Crippen molar-refractivity contribution in [3.8, 4) is 0 Å². The van der Waals surface area contributed by atoms with E-state index in [1.807, 2.05) is 11.8 Å². The molecule has 0 aromatic rings. The number of rotatable bonds is 0. The van der Waals surface area contributed by atoms with Gasteiger partial charge in [-0.1, -0.05) is 6.58 Å². The van der Waals surface area contributed by atoms with Crippen LogP contribution in [0.15, 0.2) is 11.5 Å². The summed E-state index contributed by atoms with van der Waals surface area (Å²) in [6, 6.07) is 0. The Balaban J connectivity index is 2.15. The van der Waals surface area contributed by atoms with E-state index in [1.165, 1.54) is 30.6 Å². The predicted octanol–water partition coefficient (Wildman–Crippen LogP) is 2.81. The number of fused-ring (bicyclic) bond motifs is 3. The van der Waals surface area contributed by atoms with E-state index in [9.17, 15) is 0 Å². The lowest BCUT2D eigenvalue weighted by molar-refractivity contribution is 0.408. The normalized spacial score (nSPS) is 41.6. The number of hydrogen-bond donors (Lipinski definition) is 0. The molecule has 0 nitrogen and oxygen atoms in total. The molecule has 0 aromatic carbocycles. The fourth-order valence-electron chi connectivity index (χ4n) is 1.81. The summed E-state index contributed by atoms with van der Waals surface area (Å²) < 4.78 is 0. The van der Waals surface area contributed by atoms with Crippen LogP contribution in [0.25, 0.3) is 0 Å². The van der Waals surface area contributed by atoms with Crippen molar-refractivity contribution in [2.75, 3.05) is 0 Å². The first-order valence-electron chi connectivity index (χ1n) is 3.72. The molecule has 3 fully saturated rings. The van der Waals surface area contributed by atoms with E-state index in [-0.39, 0.29) is 0 Å². The second kappa shape index (κ2) is 2.05. The van der Waals surface area contributed by atoms with Crippen molar-refractivity contribution in [3.05, 3.63) is 11.5 Å². The van der Waals surface area contributed by atoms with Gasteiger partial charge in [-0.3, -0.25) is 0 Å². The highest BCUT2D eigenvalue weighted by molar-refractivity contribution is 8.03. The quantitative estimate of drug-likeness (QED) is 0.498. The molecule has 2 bridgehead atoms. The Hall–Kier alpha value is 0.0900. The van der Waals surface area contributed by atoms with E-state index in [0.717, 1.165) is 11.2 Å². The van der Waals surface area contributed by atoms with Crippen LogP contribution in [0, 0.1) is 5.92 Å². The largest absolute Gasteiger partial charge is 0.128 e. The van der Waals surface area contributed by atoms with Gasteiger partial charge in [0.2, 0.25) is 0 Å². The van der Waals surface area contributed by atoms with Crippen molar-refractivity contribution >= 4 is 11.8 Å². The molecule has 1 aliphatic carbocycles. The summed E-state index contributed by atoms with van der Waals surface area (Å²) in [4.78, 5) is 1.47. The number of allylic oxidation sites excluding steroid dienone is 1. The third-order valence-electron chi connectivity index (χ3n) is 2.45. The van der Waals surface area contributed by atoms with E-state index >= 15 is 0 Å². The van der Waals surface area contributed by atoms with Gasteiger partial charge in [0.15, 0.2) is 0 Å². The maximum Gasteiger partial charge on any atom is 0.00915 e. The molecule has 50 valence electrons. The SMILES string of the molecule is C=C1SC2CCC1CC2. The molecular formula is C8H12S. The molecule has 1 saturated carbocycles. The van der Waals surface area contributed by atoms with E-state index in [0.29, 0.717) is 0 Å². The second-order valence-electron chi connectivity index (χ2n) is 3.06. The van der Waals surface area contributed by atoms with Crippen LogP contribution < -0.4 is 0 Å². The van der Waals surface area contributed by atoms with Crippen LogP contribution in [-0.2, 0) is 0 Å². The molecule has 0 amide bonds. The maximum atomic E-state index is 4.06. The van der Waals surface area contributed by atoms with Gasteiger partial charge in [-0.2, -0.15) is 0 Å². The molecule has 3 rings (SSSR count). The van der Waals surface area contributed by atoms with Gasteiger partial charge in [0.05, 0.1) is 0 Å². The first kappa shape index (κ1) is 5.84. The van der Waals surface area contributed by atoms with Crippen LogP contribution in [0.1, 0.15) is 25.7 Å². The molecule has 0 aromatic heterocycles. The second-order valence-corrected chi connectivity index (χ2v) is 4.48. The lowest BCUT2D eigenvalue weighted by Crippen LogP contribution is -2.23. The van der Waals surface area contributed by atoms with Gasteiger partial charge < -0.3 is 0 Å². The van der Waals surface area contributed by atoms with Gasteiger partial charge in [0.25, 0.3) is 0 Å². The van der Waals surface area contributed by atoms with Gasteiger partial charge in [-0.15, -0.1) is 11.8 Å². The summed E-state index contributed by atoms with van der Waals surface area (Å²) in [5.41, 5.74) is 0. The Morgan fingerprint density at radius 2 is 1.89 bits per heavy atom. The van der Waals surface area contributed by atoms with Gasteiger partial charge in [-0.05, 0) is 36.5 Å². The van der Waals surface area contributed by atoms with Crippen molar-refractivity contribution in [2.24, 2.45) is 5.92 Å². The first-order valence-corrected chi connectivity index (χ1v) is 4.59. The minimum atomic E-state index is 0.889. The average molecular weight is 140 g/mol. The Labute approximate surface area is 60.7 Å². The fraction of sp³-hybridized carbons (Fsp3) is 0.750. The van der Waals surface area contributed by atoms with Gasteiger partial charge in [0.1, 0.15) is 0 Å². The zero-order valence-corrected chi connectivity index (χ0v) is 6.41. The Morgan fingerprint density at radius 1 is 1.22 bits per heavy atom. The summed E-state index contributed by atoms with van der Waals surface area (Å²) in [6.45, 7) is 4.06. The van der Waals surface area contributed by atoms with Gasteiger partial charge >= 0.3 is 0 Å². The summed E-state index contributed by atoms with van der Waals surface area (Å²) in [5, 5.41) is 0.947. The summed E-state index contributed by atoms with van der Waals surface area (Å²) in [5.74, 6) is 0.889. The highest BCUT2D eigenvalue weighted by Crippen LogP contribution is 2.47. The van der Waals surface area contributed by atoms with Crippen molar-refractivity contribution in [1.29, 1.82) is 0 Å². The lowest BCUT2D eigenvalue weighted by Gasteiger charge is -2.36. The highest BCUT2D eigenvalue weighted by atomic mass is 32.2. The standard InChI is InChI=1S/C8H12S/c1-6-7-2-4-8(9-6)5-3-7/h7-8H,1-5H2. The molecule has 2 saturated heterocycles. The third-order valence-corrected chi connectivity index (χ3v) is 3.89. The molecule has 0 N–H and O–H groups in total. The zero-order chi connectivity index (χ0) is 6.27. The van der Waals surface area contributed by atoms with Crippen LogP contribution >= 0.6 is 11.8 Å². The summed E-state index contributed by atoms with van der Waals surface area (Å²) in [6.07, 6.45) is 5.76. The van der Waals surface area contributed by atoms with Crippen LogP contribution in [0.5, 0.6) is 0 Å². The molecule has 1 heteroatoms. The Kier molecular flexibility index (Phi) is 1.33. The van der Waals surface area contributed by atoms with Crippen molar-refractivity contribution in [3.63, 3.8) is 0 Å². The molecular weight excluding hydrogens is 128 g/mol. The first-order chi connectivity index (χ1) is 4.36. The topological polar surface area (TPSA) is 0 Å². The van der Waals surface area contributed by atoms with E-state index in [1.54, 1.807) is 0 Å². The molecule has 3 aliphatic rings. The molecule has 2 aliphatic heterocycles. The Morgan fingerprint density at radius 3 is 2.11 bits per heavy atom. The summed E-state index contributed by atoms with van der Waals surface area (Å²) >= 11 is 2.04. The van der Waals surface area contributed by atoms with Crippen molar-refractivity contribution in [2.45, 2.75) is 30.9 Å². The van der Waals surface area contributed by atoms with E-state index in [4.69, 9.17) is 0 Å². The monoisotopic (exact) mass is 140 g/mol. The van der Waals surface area contributed by atoms with E-state index < -0.39 is 0 Å². The van der Waals surface area contributed by atoms with Crippen LogP contribution in [0.2, 0.25) is 0 Å². The third kappa shape index (κ3) is 0.917. The molecule has 0 spiro atoms. The molecule has 9 heavy (non-hydrogen) atoms. The summed E-state index contributed by atoms with van der Waals surface area (Å²) in [7, 11) is 0. The minimum Gasteiger partial charge on any atom is -0.128 e. The van der Waals surface area contributed by atoms with Crippen LogP contribution in [-0.4, -0.2) is 5.25 Å². The fourth-order valence-corrected chi connectivity index (χ4v) is 3.18. The van der Waals surface area contributed by atoms with Crippen LogP contribution in [0.3, 0.4) is 0 Å². The number of thioether (sulfide) groups is 1. The zero-order valence-electron chi connectivity index (χ0n) is 5.60. The smallest absolute Gasteiger partial charge is 0.00915 e. The highest BCUT2D eigenvalue weighted by Gasteiger charge is 2.30. The van der Waals surface area contributed by atoms with Gasteiger partial charge in [0, 0.05) is 5.25 Å². The molecule has 0 atom stereocenters. The molecule has 0 unspecified atom stereocenters. The average Bonchev–Trinajstić information content (AvgIpc) is 1.90. The molecule has 0 radical (unpaired) electrons. The maximum absolute atomic E-state index is 4.06. The number of hydrogen-bond acceptors (Lipinski definition) is 1. The van der Waals surface area contributed by atoms with Crippen LogP contribution in [0.4, 0.5) is 0 Å². The minimum absolute atomic E-state index is 0.889. The van der Waals surface area contributed by atoms with Gasteiger partial charge in [-0.25, -0.2) is 0 Å². The van der Waals surface area contributed by atoms with Crippen molar-refractivity contribution in [1.82, 2.24) is 0 Å². The van der Waals surface area contributed by atoms with E-state index in [2.05, 4.69) is 6.58 Å². The Bertz CT molecular complexity index is 132.